The number of aromatic amines is 1. The van der Waals surface area contributed by atoms with Crippen LogP contribution in [0.1, 0.15) is 52.8 Å². The van der Waals surface area contributed by atoms with Gasteiger partial charge < -0.3 is 10.3 Å². The fourth-order valence-electron chi connectivity index (χ4n) is 4.05. The molecule has 0 radical (unpaired) electrons. The summed E-state index contributed by atoms with van der Waals surface area (Å²) in [4.78, 5) is 22.5. The topological polar surface area (TPSA) is 61.0 Å². The number of carbonyl (C=O) groups is 1. The summed E-state index contributed by atoms with van der Waals surface area (Å²) in [5.41, 5.74) is 3.47. The molecule has 2 aromatic carbocycles. The van der Waals surface area contributed by atoms with Gasteiger partial charge in [0.15, 0.2) is 0 Å². The molecule has 0 spiro atoms. The molecule has 0 saturated heterocycles. The average molecular weight is 479 g/mol. The van der Waals surface area contributed by atoms with Crippen LogP contribution < -0.4 is 5.32 Å². The maximum Gasteiger partial charge on any atom is 0.270 e. The summed E-state index contributed by atoms with van der Waals surface area (Å²) in [6, 6.07) is 15.1. The van der Waals surface area contributed by atoms with Crippen LogP contribution in [0.4, 0.5) is 4.39 Å². The Kier molecular flexibility index (Phi) is 8.44. The molecule has 4 rings (SSSR count). The summed E-state index contributed by atoms with van der Waals surface area (Å²) < 4.78 is 14.4. The van der Waals surface area contributed by atoms with Gasteiger partial charge in [-0.2, -0.15) is 0 Å². The maximum absolute atomic E-state index is 14.4. The van der Waals surface area contributed by atoms with Crippen molar-refractivity contribution >= 4 is 28.1 Å². The first-order valence-corrected chi connectivity index (χ1v) is 12.8. The van der Waals surface area contributed by atoms with Crippen molar-refractivity contribution in [3.8, 4) is 0 Å². The fraction of sp³-hybridized carbons (Fsp3) is 0.333. The molecule has 0 bridgehead atoms. The minimum atomic E-state index is -0.203. The van der Waals surface area contributed by atoms with Crippen LogP contribution in [0.3, 0.4) is 0 Å². The van der Waals surface area contributed by atoms with Crippen molar-refractivity contribution in [2.45, 2.75) is 45.7 Å². The monoisotopic (exact) mass is 478 g/mol. The predicted octanol–water partition coefficient (Wildman–Crippen LogP) is 5.93. The Morgan fingerprint density at radius 3 is 2.76 bits per heavy atom. The molecule has 2 aromatic heterocycles. The second-order valence-electron chi connectivity index (χ2n) is 8.50. The van der Waals surface area contributed by atoms with Gasteiger partial charge in [0.1, 0.15) is 16.5 Å². The second kappa shape index (κ2) is 11.9. The minimum absolute atomic E-state index is 0.127. The standard InChI is InChI=1S/C27H31FN4OS/c1-2-3-8-14-29-27(33)25-19-34-26(31-25)18-32(17-21-9-4-6-11-23(21)28)15-13-20-16-30-24-12-7-5-10-22(20)24/h4-7,9-12,16,19,30H,2-3,8,13-15,17-18H2,1H3,(H,29,33). The van der Waals surface area contributed by atoms with E-state index in [0.29, 0.717) is 30.9 Å². The molecular weight excluding hydrogens is 447 g/mol. The summed E-state index contributed by atoms with van der Waals surface area (Å²) in [5, 5.41) is 6.83. The second-order valence-corrected chi connectivity index (χ2v) is 9.44. The highest BCUT2D eigenvalue weighted by atomic mass is 32.1. The zero-order valence-electron chi connectivity index (χ0n) is 19.5. The van der Waals surface area contributed by atoms with E-state index < -0.39 is 0 Å². The van der Waals surface area contributed by atoms with Gasteiger partial charge in [-0.25, -0.2) is 9.37 Å². The molecule has 7 heteroatoms. The van der Waals surface area contributed by atoms with Crippen molar-refractivity contribution in [2.24, 2.45) is 0 Å². The number of aromatic nitrogens is 2. The van der Waals surface area contributed by atoms with E-state index >= 15 is 0 Å². The highest BCUT2D eigenvalue weighted by molar-refractivity contribution is 7.09. The number of nitrogens with zero attached hydrogens (tertiary/aromatic N) is 2. The van der Waals surface area contributed by atoms with Crippen LogP contribution in [0.2, 0.25) is 0 Å². The number of thiazole rings is 1. The number of carbonyl (C=O) groups excluding carboxylic acids is 1. The number of benzene rings is 2. The number of rotatable bonds is 12. The molecule has 0 aliphatic rings. The number of unbranched alkanes of at least 4 members (excludes halogenated alkanes) is 2. The lowest BCUT2D eigenvalue weighted by molar-refractivity contribution is 0.0948. The molecule has 0 saturated carbocycles. The molecule has 4 aromatic rings. The van der Waals surface area contributed by atoms with Crippen LogP contribution in [0.5, 0.6) is 0 Å². The van der Waals surface area contributed by atoms with E-state index in [1.165, 1.54) is 28.4 Å². The number of nitrogens with one attached hydrogen (secondary N) is 2. The summed E-state index contributed by atoms with van der Waals surface area (Å²) in [5.74, 6) is -0.330. The molecule has 0 fully saturated rings. The van der Waals surface area contributed by atoms with Crippen molar-refractivity contribution in [1.82, 2.24) is 20.2 Å². The largest absolute Gasteiger partial charge is 0.361 e. The third-order valence-corrected chi connectivity index (χ3v) is 6.77. The zero-order valence-corrected chi connectivity index (χ0v) is 20.3. The predicted molar refractivity (Wildman–Crippen MR) is 136 cm³/mol. The van der Waals surface area contributed by atoms with Crippen LogP contribution >= 0.6 is 11.3 Å². The number of para-hydroxylation sites is 1. The lowest BCUT2D eigenvalue weighted by Gasteiger charge is -2.21. The van der Waals surface area contributed by atoms with Gasteiger partial charge in [-0.1, -0.05) is 56.2 Å². The van der Waals surface area contributed by atoms with Crippen LogP contribution in [0, 0.1) is 5.82 Å². The Morgan fingerprint density at radius 2 is 1.91 bits per heavy atom. The van der Waals surface area contributed by atoms with Gasteiger partial charge in [-0.05, 0) is 30.5 Å². The van der Waals surface area contributed by atoms with E-state index in [2.05, 4.69) is 45.4 Å². The quantitative estimate of drug-likeness (QED) is 0.248. The molecule has 34 heavy (non-hydrogen) atoms. The summed E-state index contributed by atoms with van der Waals surface area (Å²) in [7, 11) is 0. The first-order valence-electron chi connectivity index (χ1n) is 11.9. The van der Waals surface area contributed by atoms with Gasteiger partial charge in [-0.15, -0.1) is 11.3 Å². The van der Waals surface area contributed by atoms with E-state index in [1.807, 2.05) is 29.6 Å². The van der Waals surface area contributed by atoms with Crippen molar-refractivity contribution in [2.75, 3.05) is 13.1 Å². The molecule has 2 heterocycles. The Morgan fingerprint density at radius 1 is 1.09 bits per heavy atom. The van der Waals surface area contributed by atoms with E-state index in [1.54, 1.807) is 6.07 Å². The normalized spacial score (nSPS) is 11.4. The summed E-state index contributed by atoms with van der Waals surface area (Å²) in [6.07, 6.45) is 6.07. The molecule has 178 valence electrons. The number of amides is 1. The Labute approximate surface area is 204 Å². The van der Waals surface area contributed by atoms with Gasteiger partial charge in [0, 0.05) is 47.7 Å². The van der Waals surface area contributed by atoms with Crippen LogP contribution in [-0.4, -0.2) is 33.9 Å². The SMILES string of the molecule is CCCCCNC(=O)c1csc(CN(CCc2c[nH]c3ccccc23)Cc2ccccc2F)n1. The average Bonchev–Trinajstić information content (AvgIpc) is 3.49. The minimum Gasteiger partial charge on any atom is -0.361 e. The number of H-pyrrole nitrogens is 1. The molecule has 0 atom stereocenters. The molecule has 2 N–H and O–H groups in total. The van der Waals surface area contributed by atoms with Gasteiger partial charge >= 0.3 is 0 Å². The van der Waals surface area contributed by atoms with Crippen molar-refractivity contribution < 1.29 is 9.18 Å². The van der Waals surface area contributed by atoms with Crippen molar-refractivity contribution in [1.29, 1.82) is 0 Å². The maximum atomic E-state index is 14.4. The molecule has 0 unspecified atom stereocenters. The van der Waals surface area contributed by atoms with Crippen molar-refractivity contribution in [3.63, 3.8) is 0 Å². The lowest BCUT2D eigenvalue weighted by atomic mass is 10.1. The van der Waals surface area contributed by atoms with Crippen molar-refractivity contribution in [3.05, 3.63) is 87.8 Å². The van der Waals surface area contributed by atoms with Gasteiger partial charge in [0.05, 0.1) is 6.54 Å². The van der Waals surface area contributed by atoms with E-state index in [4.69, 9.17) is 0 Å². The van der Waals surface area contributed by atoms with Gasteiger partial charge in [-0.3, -0.25) is 9.69 Å². The highest BCUT2D eigenvalue weighted by Crippen LogP contribution is 2.21. The summed E-state index contributed by atoms with van der Waals surface area (Å²) in [6.45, 7) is 4.59. The summed E-state index contributed by atoms with van der Waals surface area (Å²) >= 11 is 1.48. The number of fused-ring (bicyclic) bond motifs is 1. The Bertz CT molecular complexity index is 1220. The van der Waals surface area contributed by atoms with Crippen LogP contribution in [0.25, 0.3) is 10.9 Å². The third kappa shape index (κ3) is 6.30. The molecule has 0 aliphatic heterocycles. The van der Waals surface area contributed by atoms with Gasteiger partial charge in [0.2, 0.25) is 0 Å². The molecule has 5 nitrogen and oxygen atoms in total. The lowest BCUT2D eigenvalue weighted by Crippen LogP contribution is -2.26. The van der Waals surface area contributed by atoms with Crippen LogP contribution in [-0.2, 0) is 19.5 Å². The number of halogens is 1. The van der Waals surface area contributed by atoms with Crippen LogP contribution in [0.15, 0.2) is 60.1 Å². The first-order chi connectivity index (χ1) is 16.6. The van der Waals surface area contributed by atoms with E-state index in [0.717, 1.165) is 42.8 Å². The zero-order chi connectivity index (χ0) is 23.8. The molecule has 1 amide bonds. The third-order valence-electron chi connectivity index (χ3n) is 5.93. The number of hydrogen-bond acceptors (Lipinski definition) is 4. The first kappa shape index (κ1) is 24.1. The fourth-order valence-corrected chi connectivity index (χ4v) is 4.86. The van der Waals surface area contributed by atoms with Gasteiger partial charge in [0.25, 0.3) is 5.91 Å². The smallest absolute Gasteiger partial charge is 0.270 e. The van der Waals surface area contributed by atoms with E-state index in [9.17, 15) is 9.18 Å². The van der Waals surface area contributed by atoms with E-state index in [-0.39, 0.29) is 11.7 Å². The highest BCUT2D eigenvalue weighted by Gasteiger charge is 2.16. The number of hydrogen-bond donors (Lipinski definition) is 2. The Hall–Kier alpha value is -3.03. The molecular formula is C27H31FN4OS. The molecule has 0 aliphatic carbocycles. The Balaban J connectivity index is 1.44.